The Morgan fingerprint density at radius 2 is 1.00 bits per heavy atom. The van der Waals surface area contributed by atoms with Crippen LogP contribution < -0.4 is 24.8 Å². The van der Waals surface area contributed by atoms with Gasteiger partial charge in [-0.2, -0.15) is 12.1 Å². The standard InChI is InChI=1S/2C13H15.C2H6Si.2ClH.Zr/c2*1-3-10-8-12-7-5-6-11(4-2)13(12)9-10;1-3-2;;;/h2*5-9H,3-4H2,1-2H3;1-2H3;2*1H;/q2*-1;;;;+2/p-2. The zero-order chi connectivity index (χ0) is 22.1. The van der Waals surface area contributed by atoms with E-state index in [0.717, 1.165) is 25.7 Å². The van der Waals surface area contributed by atoms with Crippen LogP contribution in [-0.4, -0.2) is 5.43 Å². The molecule has 0 fully saturated rings. The summed E-state index contributed by atoms with van der Waals surface area (Å²) in [5.41, 5.74) is 6.06. The molecule has 172 valence electrons. The van der Waals surface area contributed by atoms with Crippen molar-refractivity contribution in [3.05, 3.63) is 82.9 Å². The van der Waals surface area contributed by atoms with Crippen LogP contribution in [0.3, 0.4) is 0 Å². The molecule has 0 radical (unpaired) electrons. The molecule has 0 aromatic heterocycles. The molecule has 0 saturated heterocycles. The molecule has 0 N–H and O–H groups in total. The van der Waals surface area contributed by atoms with Crippen molar-refractivity contribution in [2.75, 3.05) is 0 Å². The molecule has 32 heavy (non-hydrogen) atoms. The first-order chi connectivity index (χ1) is 14.4. The molecule has 0 nitrogen and oxygen atoms in total. The third-order valence-electron chi connectivity index (χ3n) is 5.38. The van der Waals surface area contributed by atoms with Gasteiger partial charge in [-0.1, -0.05) is 51.0 Å². The van der Waals surface area contributed by atoms with Crippen LogP contribution in [0.4, 0.5) is 0 Å². The predicted octanol–water partition coefficient (Wildman–Crippen LogP) is 2.16. The van der Waals surface area contributed by atoms with Gasteiger partial charge in [0.25, 0.3) is 0 Å². The van der Waals surface area contributed by atoms with Gasteiger partial charge in [-0.3, -0.25) is 0 Å². The largest absolute Gasteiger partial charge is 1.00 e. The van der Waals surface area contributed by atoms with Crippen LogP contribution in [0.25, 0.3) is 21.5 Å². The molecule has 0 unspecified atom stereocenters. The van der Waals surface area contributed by atoms with Crippen LogP contribution in [-0.2, 0) is 49.0 Å². The molecule has 0 amide bonds. The van der Waals surface area contributed by atoms with Crippen LogP contribution in [0.5, 0.6) is 0 Å². The fourth-order valence-corrected chi connectivity index (χ4v) is 3.75. The van der Waals surface area contributed by atoms with Gasteiger partial charge in [-0.05, 0) is 25.7 Å². The number of hydrogen-bond acceptors (Lipinski definition) is 0. The van der Waals surface area contributed by atoms with Crippen molar-refractivity contribution in [2.45, 2.75) is 66.5 Å². The van der Waals surface area contributed by atoms with Crippen LogP contribution in [0, 0.1) is 0 Å². The monoisotopic (exact) mass is 560 g/mol. The number of fused-ring (bicyclic) bond motifs is 2. The zero-order valence-corrected chi connectivity index (χ0v) is 25.3. The zero-order valence-electron chi connectivity index (χ0n) is 20.4. The number of benzene rings is 2. The van der Waals surface area contributed by atoms with E-state index in [9.17, 15) is 0 Å². The Morgan fingerprint density at radius 3 is 1.28 bits per heavy atom. The first-order valence-electron chi connectivity index (χ1n) is 11.3. The predicted molar refractivity (Wildman–Crippen MR) is 134 cm³/mol. The topological polar surface area (TPSA) is 0 Å². The third kappa shape index (κ3) is 8.94. The van der Waals surface area contributed by atoms with Crippen molar-refractivity contribution < 1.29 is 48.1 Å². The van der Waals surface area contributed by atoms with E-state index >= 15 is 0 Å². The molecule has 0 spiro atoms. The fraction of sp³-hybridized carbons (Fsp3) is 0.357. The van der Waals surface area contributed by atoms with E-state index in [4.69, 9.17) is 0 Å². The van der Waals surface area contributed by atoms with E-state index in [1.165, 1.54) is 43.8 Å². The maximum Gasteiger partial charge on any atom is -1.00 e. The van der Waals surface area contributed by atoms with Gasteiger partial charge < -0.3 is 24.8 Å². The summed E-state index contributed by atoms with van der Waals surface area (Å²) < 4.78 is 0. The quantitative estimate of drug-likeness (QED) is 0.264. The summed E-state index contributed by atoms with van der Waals surface area (Å²) >= 11 is 1.74. The summed E-state index contributed by atoms with van der Waals surface area (Å²) in [4.78, 5) is 0. The van der Waals surface area contributed by atoms with Crippen LogP contribution in [0.1, 0.15) is 49.9 Å². The minimum atomic E-state index is 0. The normalized spacial score (nSPS) is 9.75. The summed E-state index contributed by atoms with van der Waals surface area (Å²) in [6, 6.07) is 22.4. The number of hydrogen-bond donors (Lipinski definition) is 0. The second-order valence-electron chi connectivity index (χ2n) is 7.98. The van der Waals surface area contributed by atoms with Gasteiger partial charge in [-0.25, -0.2) is 0 Å². The number of aryl methyl sites for hydroxylation is 4. The minimum absolute atomic E-state index is 0. The molecule has 0 aliphatic rings. The summed E-state index contributed by atoms with van der Waals surface area (Å²) in [6.45, 7) is 13.5. The van der Waals surface area contributed by atoms with Crippen molar-refractivity contribution in [1.29, 1.82) is 0 Å². The molecule has 0 bridgehead atoms. The molecule has 4 heteroatoms. The Bertz CT molecular complexity index is 1010. The van der Waals surface area contributed by atoms with Gasteiger partial charge in [0, 0.05) is 0 Å². The van der Waals surface area contributed by atoms with Gasteiger partial charge in [0.05, 0.1) is 0 Å². The Kier molecular flexibility index (Phi) is 15.7. The summed E-state index contributed by atoms with van der Waals surface area (Å²) in [6.07, 6.45) is 4.53. The second kappa shape index (κ2) is 16.0. The molecule has 0 atom stereocenters. The molecular weight excluding hydrogens is 527 g/mol. The summed E-state index contributed by atoms with van der Waals surface area (Å²) in [5, 5.41) is 5.69. The van der Waals surface area contributed by atoms with Gasteiger partial charge >= 0.3 is 41.9 Å². The fourth-order valence-electron chi connectivity index (χ4n) is 3.75. The SMILES string of the molecule is CCc1cc2c(CC)cccc2[cH-]1.CCc1cc2c(CC)cccc2[cH-]1.C[Si](C)=[Zr+2].[Cl-].[Cl-]. The van der Waals surface area contributed by atoms with Crippen molar-refractivity contribution in [2.24, 2.45) is 0 Å². The molecule has 0 aliphatic carbocycles. The van der Waals surface area contributed by atoms with Crippen LogP contribution in [0.2, 0.25) is 13.1 Å². The van der Waals surface area contributed by atoms with E-state index in [1.807, 2.05) is 0 Å². The third-order valence-corrected chi connectivity index (χ3v) is 5.38. The van der Waals surface area contributed by atoms with Crippen LogP contribution >= 0.6 is 0 Å². The molecule has 4 aromatic rings. The molecule has 4 aromatic carbocycles. The van der Waals surface area contributed by atoms with Crippen LogP contribution in [0.15, 0.2) is 60.7 Å². The molecule has 0 saturated carbocycles. The van der Waals surface area contributed by atoms with E-state index in [-0.39, 0.29) is 30.2 Å². The van der Waals surface area contributed by atoms with Crippen molar-refractivity contribution >= 4 is 27.0 Å². The minimum Gasteiger partial charge on any atom is -1.00 e. The Balaban J connectivity index is 0.000000490. The Labute approximate surface area is 223 Å². The number of rotatable bonds is 4. The first-order valence-corrected chi connectivity index (χ1v) is 17.5. The van der Waals surface area contributed by atoms with Crippen molar-refractivity contribution in [3.8, 4) is 0 Å². The summed E-state index contributed by atoms with van der Waals surface area (Å²) in [5.74, 6) is 0. The van der Waals surface area contributed by atoms with Crippen molar-refractivity contribution in [3.63, 3.8) is 0 Å². The first kappa shape index (κ1) is 31.3. The average molecular weight is 563 g/mol. The maximum absolute atomic E-state index is 2.33. The van der Waals surface area contributed by atoms with E-state index in [2.05, 4.69) is 101 Å². The van der Waals surface area contributed by atoms with E-state index in [0.29, 0.717) is 0 Å². The van der Waals surface area contributed by atoms with E-state index in [1.54, 1.807) is 23.3 Å². The molecular formula is C28H36Cl2SiZr-2. The van der Waals surface area contributed by atoms with Gasteiger partial charge in [-0.15, -0.1) is 69.1 Å². The van der Waals surface area contributed by atoms with Gasteiger partial charge in [0.2, 0.25) is 0 Å². The van der Waals surface area contributed by atoms with Gasteiger partial charge in [0.1, 0.15) is 0 Å². The summed E-state index contributed by atoms with van der Waals surface area (Å²) in [7, 11) is 0. The maximum atomic E-state index is 2.33. The van der Waals surface area contributed by atoms with Crippen molar-refractivity contribution in [1.82, 2.24) is 0 Å². The average Bonchev–Trinajstić information content (AvgIpc) is 3.36. The van der Waals surface area contributed by atoms with E-state index < -0.39 is 0 Å². The smallest absolute Gasteiger partial charge is 1.00 e. The number of halogens is 2. The molecule has 4 rings (SSSR count). The molecule has 0 aliphatic heterocycles. The second-order valence-corrected chi connectivity index (χ2v) is 17.4. The Morgan fingerprint density at radius 1 is 0.656 bits per heavy atom. The Hall–Kier alpha value is -0.660. The molecule has 0 heterocycles. The van der Waals surface area contributed by atoms with Gasteiger partial charge in [0.15, 0.2) is 0 Å².